The van der Waals surface area contributed by atoms with Crippen LogP contribution in [0.4, 0.5) is 0 Å². The Morgan fingerprint density at radius 2 is 2.29 bits per heavy atom. The third kappa shape index (κ3) is 2.82. The lowest BCUT2D eigenvalue weighted by Crippen LogP contribution is -2.50. The SMILES string of the molecule is Cc1cccc(CN2CC(C(C)C(=O)O)C2)n1. The van der Waals surface area contributed by atoms with Gasteiger partial charge in [0, 0.05) is 25.3 Å². The van der Waals surface area contributed by atoms with E-state index >= 15 is 0 Å². The highest BCUT2D eigenvalue weighted by atomic mass is 16.4. The zero-order valence-corrected chi connectivity index (χ0v) is 10.3. The number of aliphatic carboxylic acids is 1. The van der Waals surface area contributed by atoms with Crippen LogP contribution in [0.3, 0.4) is 0 Å². The van der Waals surface area contributed by atoms with Crippen molar-refractivity contribution >= 4 is 5.97 Å². The second-order valence-electron chi connectivity index (χ2n) is 4.85. The fourth-order valence-electron chi connectivity index (χ4n) is 2.17. The molecule has 1 atom stereocenters. The number of hydrogen-bond acceptors (Lipinski definition) is 3. The van der Waals surface area contributed by atoms with Crippen LogP contribution in [0.25, 0.3) is 0 Å². The molecule has 1 aromatic heterocycles. The summed E-state index contributed by atoms with van der Waals surface area (Å²) in [6, 6.07) is 6.00. The minimum Gasteiger partial charge on any atom is -0.481 e. The number of carboxylic acid groups (broad SMARTS) is 1. The second kappa shape index (κ2) is 4.84. The molecule has 1 aliphatic rings. The Balaban J connectivity index is 1.83. The van der Waals surface area contributed by atoms with E-state index < -0.39 is 5.97 Å². The molecule has 0 bridgehead atoms. The third-order valence-electron chi connectivity index (χ3n) is 3.41. The maximum atomic E-state index is 10.8. The Bertz CT molecular complexity index is 414. The Morgan fingerprint density at radius 1 is 1.59 bits per heavy atom. The van der Waals surface area contributed by atoms with Gasteiger partial charge in [0.2, 0.25) is 0 Å². The molecule has 4 nitrogen and oxygen atoms in total. The molecule has 2 rings (SSSR count). The Kier molecular flexibility index (Phi) is 3.43. The molecule has 1 N–H and O–H groups in total. The summed E-state index contributed by atoms with van der Waals surface area (Å²) < 4.78 is 0. The first-order chi connectivity index (χ1) is 8.06. The van der Waals surface area contributed by atoms with E-state index in [-0.39, 0.29) is 11.8 Å². The summed E-state index contributed by atoms with van der Waals surface area (Å²) in [5.41, 5.74) is 2.09. The van der Waals surface area contributed by atoms with Crippen molar-refractivity contribution in [2.24, 2.45) is 11.8 Å². The molecule has 92 valence electrons. The van der Waals surface area contributed by atoms with Crippen LogP contribution in [0.2, 0.25) is 0 Å². The zero-order chi connectivity index (χ0) is 12.4. The van der Waals surface area contributed by atoms with Gasteiger partial charge >= 0.3 is 5.97 Å². The van der Waals surface area contributed by atoms with Gasteiger partial charge in [-0.3, -0.25) is 14.7 Å². The van der Waals surface area contributed by atoms with Crippen LogP contribution in [0.5, 0.6) is 0 Å². The smallest absolute Gasteiger partial charge is 0.306 e. The standard InChI is InChI=1S/C13H18N2O2/c1-9-4-3-5-12(14-9)8-15-6-11(7-15)10(2)13(16)17/h3-5,10-11H,6-8H2,1-2H3,(H,16,17). The molecular weight excluding hydrogens is 216 g/mol. The number of pyridine rings is 1. The van der Waals surface area contributed by atoms with Gasteiger partial charge in [-0.15, -0.1) is 0 Å². The molecule has 0 radical (unpaired) electrons. The van der Waals surface area contributed by atoms with E-state index in [0.717, 1.165) is 31.0 Å². The van der Waals surface area contributed by atoms with Crippen molar-refractivity contribution < 1.29 is 9.90 Å². The highest BCUT2D eigenvalue weighted by Crippen LogP contribution is 2.25. The first-order valence-electron chi connectivity index (χ1n) is 5.94. The summed E-state index contributed by atoms with van der Waals surface area (Å²) in [5.74, 6) is -0.641. The second-order valence-corrected chi connectivity index (χ2v) is 4.85. The van der Waals surface area contributed by atoms with Gasteiger partial charge in [0.1, 0.15) is 0 Å². The first-order valence-corrected chi connectivity index (χ1v) is 5.94. The van der Waals surface area contributed by atoms with Crippen LogP contribution < -0.4 is 0 Å². The van der Waals surface area contributed by atoms with Crippen LogP contribution in [0, 0.1) is 18.8 Å². The minimum absolute atomic E-state index is 0.239. The largest absolute Gasteiger partial charge is 0.481 e. The molecule has 1 aliphatic heterocycles. The Labute approximate surface area is 101 Å². The average molecular weight is 234 g/mol. The van der Waals surface area contributed by atoms with Crippen molar-refractivity contribution in [1.82, 2.24) is 9.88 Å². The normalized spacial score (nSPS) is 18.7. The van der Waals surface area contributed by atoms with Gasteiger partial charge < -0.3 is 5.11 Å². The van der Waals surface area contributed by atoms with Gasteiger partial charge in [-0.2, -0.15) is 0 Å². The van der Waals surface area contributed by atoms with E-state index in [4.69, 9.17) is 5.11 Å². The highest BCUT2D eigenvalue weighted by Gasteiger charge is 2.34. The molecule has 17 heavy (non-hydrogen) atoms. The van der Waals surface area contributed by atoms with Crippen LogP contribution in [-0.4, -0.2) is 34.0 Å². The maximum absolute atomic E-state index is 10.8. The van der Waals surface area contributed by atoms with E-state index in [0.29, 0.717) is 0 Å². The van der Waals surface area contributed by atoms with Crippen molar-refractivity contribution in [3.8, 4) is 0 Å². The Hall–Kier alpha value is -1.42. The molecule has 0 spiro atoms. The molecule has 0 saturated carbocycles. The zero-order valence-electron chi connectivity index (χ0n) is 10.3. The number of carbonyl (C=O) groups is 1. The van der Waals surface area contributed by atoms with Gasteiger partial charge in [0.05, 0.1) is 11.6 Å². The molecule has 2 heterocycles. The fraction of sp³-hybridized carbons (Fsp3) is 0.538. The van der Waals surface area contributed by atoms with Crippen molar-refractivity contribution in [2.75, 3.05) is 13.1 Å². The lowest BCUT2D eigenvalue weighted by Gasteiger charge is -2.41. The lowest BCUT2D eigenvalue weighted by molar-refractivity contribution is -0.145. The highest BCUT2D eigenvalue weighted by molar-refractivity contribution is 5.70. The average Bonchev–Trinajstić information content (AvgIpc) is 2.22. The molecule has 4 heteroatoms. The van der Waals surface area contributed by atoms with Crippen LogP contribution in [-0.2, 0) is 11.3 Å². The predicted molar refractivity (Wildman–Crippen MR) is 64.5 cm³/mol. The molecular formula is C13H18N2O2. The van der Waals surface area contributed by atoms with Crippen molar-refractivity contribution in [2.45, 2.75) is 20.4 Å². The summed E-state index contributed by atoms with van der Waals surface area (Å²) >= 11 is 0. The van der Waals surface area contributed by atoms with E-state index in [1.54, 1.807) is 6.92 Å². The molecule has 1 unspecified atom stereocenters. The van der Waals surface area contributed by atoms with Crippen molar-refractivity contribution in [3.05, 3.63) is 29.6 Å². The number of rotatable bonds is 4. The maximum Gasteiger partial charge on any atom is 0.306 e. The number of aromatic nitrogens is 1. The van der Waals surface area contributed by atoms with E-state index in [2.05, 4.69) is 9.88 Å². The predicted octanol–water partition coefficient (Wildman–Crippen LogP) is 1.54. The number of nitrogens with zero attached hydrogens (tertiary/aromatic N) is 2. The summed E-state index contributed by atoms with van der Waals surface area (Å²) in [7, 11) is 0. The van der Waals surface area contributed by atoms with E-state index in [1.165, 1.54) is 0 Å². The minimum atomic E-state index is -0.691. The topological polar surface area (TPSA) is 53.4 Å². The van der Waals surface area contributed by atoms with Crippen molar-refractivity contribution in [1.29, 1.82) is 0 Å². The molecule has 0 aliphatic carbocycles. The molecule has 0 aromatic carbocycles. The summed E-state index contributed by atoms with van der Waals surface area (Å²) in [5, 5.41) is 8.90. The van der Waals surface area contributed by atoms with Crippen LogP contribution in [0.1, 0.15) is 18.3 Å². The van der Waals surface area contributed by atoms with Gasteiger partial charge in [-0.1, -0.05) is 13.0 Å². The number of hydrogen-bond donors (Lipinski definition) is 1. The molecule has 0 amide bonds. The van der Waals surface area contributed by atoms with E-state index in [9.17, 15) is 4.79 Å². The number of carboxylic acids is 1. The van der Waals surface area contributed by atoms with Crippen LogP contribution in [0.15, 0.2) is 18.2 Å². The summed E-state index contributed by atoms with van der Waals surface area (Å²) in [6.45, 7) is 6.32. The third-order valence-corrected chi connectivity index (χ3v) is 3.41. The summed E-state index contributed by atoms with van der Waals surface area (Å²) in [6.07, 6.45) is 0. The van der Waals surface area contributed by atoms with Gasteiger partial charge in [0.15, 0.2) is 0 Å². The van der Waals surface area contributed by atoms with Crippen LogP contribution >= 0.6 is 0 Å². The molecule has 1 aromatic rings. The fourth-order valence-corrected chi connectivity index (χ4v) is 2.17. The molecule has 1 saturated heterocycles. The van der Waals surface area contributed by atoms with Gasteiger partial charge in [-0.25, -0.2) is 0 Å². The quantitative estimate of drug-likeness (QED) is 0.858. The van der Waals surface area contributed by atoms with Gasteiger partial charge in [-0.05, 0) is 25.0 Å². The number of likely N-dealkylation sites (tertiary alicyclic amines) is 1. The monoisotopic (exact) mass is 234 g/mol. The molecule has 1 fully saturated rings. The first kappa shape index (κ1) is 12.0. The summed E-state index contributed by atoms with van der Waals surface area (Å²) in [4.78, 5) is 17.5. The van der Waals surface area contributed by atoms with Crippen molar-refractivity contribution in [3.63, 3.8) is 0 Å². The van der Waals surface area contributed by atoms with E-state index in [1.807, 2.05) is 25.1 Å². The van der Waals surface area contributed by atoms with Gasteiger partial charge in [0.25, 0.3) is 0 Å². The lowest BCUT2D eigenvalue weighted by atomic mass is 9.87. The number of aryl methyl sites for hydroxylation is 1. The Morgan fingerprint density at radius 3 is 2.88 bits per heavy atom.